The molecule has 7 heteroatoms. The molecular formula is C16H25N3O3S. The third-order valence-electron chi connectivity index (χ3n) is 4.54. The maximum absolute atomic E-state index is 13.1. The molecule has 0 amide bonds. The lowest BCUT2D eigenvalue weighted by Gasteiger charge is -2.32. The van der Waals surface area contributed by atoms with Gasteiger partial charge in [-0.3, -0.25) is 0 Å². The first-order chi connectivity index (χ1) is 11.0. The summed E-state index contributed by atoms with van der Waals surface area (Å²) in [6, 6.07) is 9.57. The number of ether oxygens (including phenoxy) is 1. The molecule has 0 saturated carbocycles. The second kappa shape index (κ2) is 6.86. The van der Waals surface area contributed by atoms with Gasteiger partial charge in [-0.25, -0.2) is 0 Å². The van der Waals surface area contributed by atoms with Crippen LogP contribution in [0.3, 0.4) is 0 Å². The smallest absolute Gasteiger partial charge is 0.282 e. The van der Waals surface area contributed by atoms with Gasteiger partial charge in [-0.1, -0.05) is 30.3 Å². The Morgan fingerprint density at radius 2 is 1.91 bits per heavy atom. The Morgan fingerprint density at radius 3 is 2.65 bits per heavy atom. The Kier molecular flexibility index (Phi) is 5.03. The highest BCUT2D eigenvalue weighted by molar-refractivity contribution is 7.86. The van der Waals surface area contributed by atoms with Crippen LogP contribution in [0, 0.1) is 5.92 Å². The number of likely N-dealkylation sites (N-methyl/N-ethyl adjacent to an activating group) is 1. The zero-order chi connectivity index (χ0) is 16.4. The molecule has 2 heterocycles. The predicted molar refractivity (Wildman–Crippen MR) is 89.1 cm³/mol. The monoisotopic (exact) mass is 339 g/mol. The summed E-state index contributed by atoms with van der Waals surface area (Å²) in [5.74, 6) is 0.229. The first-order valence-electron chi connectivity index (χ1n) is 8.00. The van der Waals surface area contributed by atoms with Crippen LogP contribution in [0.25, 0.3) is 0 Å². The highest BCUT2D eigenvalue weighted by Gasteiger charge is 2.40. The van der Waals surface area contributed by atoms with Gasteiger partial charge in [0.25, 0.3) is 10.2 Å². The van der Waals surface area contributed by atoms with E-state index in [0.29, 0.717) is 26.3 Å². The minimum atomic E-state index is -3.50. The van der Waals surface area contributed by atoms with Crippen LogP contribution >= 0.6 is 0 Å². The van der Waals surface area contributed by atoms with Crippen molar-refractivity contribution in [3.05, 3.63) is 35.9 Å². The molecule has 0 aromatic heterocycles. The van der Waals surface area contributed by atoms with Crippen LogP contribution < -0.4 is 0 Å². The van der Waals surface area contributed by atoms with Gasteiger partial charge in [0.2, 0.25) is 0 Å². The van der Waals surface area contributed by atoms with E-state index < -0.39 is 10.2 Å². The van der Waals surface area contributed by atoms with Crippen molar-refractivity contribution in [1.29, 1.82) is 0 Å². The molecule has 2 atom stereocenters. The van der Waals surface area contributed by atoms with Crippen LogP contribution in [0.1, 0.15) is 5.56 Å². The van der Waals surface area contributed by atoms with Gasteiger partial charge in [-0.15, -0.1) is 0 Å². The van der Waals surface area contributed by atoms with Gasteiger partial charge in [0, 0.05) is 39.1 Å². The van der Waals surface area contributed by atoms with E-state index in [1.807, 2.05) is 30.3 Å². The van der Waals surface area contributed by atoms with E-state index in [4.69, 9.17) is 4.74 Å². The molecule has 1 aromatic carbocycles. The first-order valence-corrected chi connectivity index (χ1v) is 9.40. The van der Waals surface area contributed by atoms with E-state index in [-0.39, 0.29) is 12.0 Å². The third kappa shape index (κ3) is 3.75. The summed E-state index contributed by atoms with van der Waals surface area (Å²) >= 11 is 0. The largest absolute Gasteiger partial charge is 0.379 e. The van der Waals surface area contributed by atoms with Gasteiger partial charge < -0.3 is 9.64 Å². The topological polar surface area (TPSA) is 53.1 Å². The number of fused-ring (bicyclic) bond motifs is 3. The van der Waals surface area contributed by atoms with Gasteiger partial charge in [-0.2, -0.15) is 17.0 Å². The second-order valence-corrected chi connectivity index (χ2v) is 8.59. The van der Waals surface area contributed by atoms with Gasteiger partial charge >= 0.3 is 0 Å². The fourth-order valence-corrected chi connectivity index (χ4v) is 5.00. The van der Waals surface area contributed by atoms with Crippen molar-refractivity contribution in [2.24, 2.45) is 5.92 Å². The van der Waals surface area contributed by atoms with Gasteiger partial charge in [0.05, 0.1) is 19.3 Å². The molecule has 2 aliphatic rings. The van der Waals surface area contributed by atoms with E-state index >= 15 is 0 Å². The van der Waals surface area contributed by atoms with Crippen molar-refractivity contribution in [1.82, 2.24) is 13.5 Å². The van der Waals surface area contributed by atoms with E-state index in [9.17, 15) is 8.42 Å². The first kappa shape index (κ1) is 16.9. The summed E-state index contributed by atoms with van der Waals surface area (Å²) < 4.78 is 34.9. The average molecular weight is 339 g/mol. The molecule has 3 rings (SSSR count). The van der Waals surface area contributed by atoms with Crippen LogP contribution in [-0.2, 0) is 21.5 Å². The SMILES string of the molecule is CN1C[C@@H]2COC[C@H](C1)N(S(=O)(=O)N(C)Cc1ccccc1)C2. The summed E-state index contributed by atoms with van der Waals surface area (Å²) in [6.07, 6.45) is 0. The zero-order valence-electron chi connectivity index (χ0n) is 13.8. The molecule has 2 bridgehead atoms. The molecule has 0 unspecified atom stereocenters. The van der Waals surface area contributed by atoms with Crippen molar-refractivity contribution >= 4 is 10.2 Å². The lowest BCUT2D eigenvalue weighted by Crippen LogP contribution is -2.50. The zero-order valence-corrected chi connectivity index (χ0v) is 14.6. The molecule has 128 valence electrons. The molecule has 1 aromatic rings. The molecule has 2 fully saturated rings. The summed E-state index contributed by atoms with van der Waals surface area (Å²) in [5, 5.41) is 0. The molecule has 2 aliphatic heterocycles. The van der Waals surface area contributed by atoms with E-state index in [0.717, 1.165) is 18.7 Å². The van der Waals surface area contributed by atoms with E-state index in [1.165, 1.54) is 4.31 Å². The fourth-order valence-electron chi connectivity index (χ4n) is 3.42. The van der Waals surface area contributed by atoms with Crippen molar-refractivity contribution in [3.8, 4) is 0 Å². The van der Waals surface area contributed by atoms with Crippen LogP contribution in [0.4, 0.5) is 0 Å². The lowest BCUT2D eigenvalue weighted by molar-refractivity contribution is 0.0655. The molecule has 6 nitrogen and oxygen atoms in total. The van der Waals surface area contributed by atoms with E-state index in [2.05, 4.69) is 11.9 Å². The quantitative estimate of drug-likeness (QED) is 0.807. The van der Waals surface area contributed by atoms with Crippen molar-refractivity contribution in [2.75, 3.05) is 46.9 Å². The number of hydrogen-bond donors (Lipinski definition) is 0. The van der Waals surface area contributed by atoms with Gasteiger partial charge in [0.15, 0.2) is 0 Å². The van der Waals surface area contributed by atoms with Gasteiger partial charge in [0.1, 0.15) is 0 Å². The second-order valence-electron chi connectivity index (χ2n) is 6.60. The standard InChI is InChI=1S/C16H25N3O3S/c1-17-8-15-10-19(16(11-17)13-22-12-15)23(20,21)18(2)9-14-6-4-3-5-7-14/h3-7,15-16H,8-13H2,1-2H3/t15-,16-/m0/s1. The van der Waals surface area contributed by atoms with Crippen LogP contribution in [0.15, 0.2) is 30.3 Å². The molecule has 0 N–H and O–H groups in total. The Balaban J connectivity index is 1.80. The molecule has 23 heavy (non-hydrogen) atoms. The Morgan fingerprint density at radius 1 is 1.17 bits per heavy atom. The highest BCUT2D eigenvalue weighted by Crippen LogP contribution is 2.23. The van der Waals surface area contributed by atoms with Crippen LogP contribution in [0.2, 0.25) is 0 Å². The molecule has 0 aliphatic carbocycles. The maximum atomic E-state index is 13.1. The van der Waals surface area contributed by atoms with Crippen molar-refractivity contribution in [2.45, 2.75) is 12.6 Å². The Bertz CT molecular complexity index is 623. The lowest BCUT2D eigenvalue weighted by atomic mass is 10.1. The molecule has 2 saturated heterocycles. The number of nitrogens with zero attached hydrogens (tertiary/aromatic N) is 3. The molecule has 0 radical (unpaired) electrons. The minimum Gasteiger partial charge on any atom is -0.379 e. The third-order valence-corrected chi connectivity index (χ3v) is 6.50. The van der Waals surface area contributed by atoms with Crippen LogP contribution in [0.5, 0.6) is 0 Å². The fraction of sp³-hybridized carbons (Fsp3) is 0.625. The van der Waals surface area contributed by atoms with Crippen LogP contribution in [-0.4, -0.2) is 74.9 Å². The van der Waals surface area contributed by atoms with E-state index in [1.54, 1.807) is 11.4 Å². The van der Waals surface area contributed by atoms with Crippen molar-refractivity contribution < 1.29 is 13.2 Å². The summed E-state index contributed by atoms with van der Waals surface area (Å²) in [5.41, 5.74) is 0.990. The highest BCUT2D eigenvalue weighted by atomic mass is 32.2. The van der Waals surface area contributed by atoms with Crippen molar-refractivity contribution in [3.63, 3.8) is 0 Å². The number of benzene rings is 1. The maximum Gasteiger partial charge on any atom is 0.282 e. The normalized spacial score (nSPS) is 27.1. The summed E-state index contributed by atoms with van der Waals surface area (Å²) in [7, 11) is 0.204. The summed E-state index contributed by atoms with van der Waals surface area (Å²) in [4.78, 5) is 2.21. The summed E-state index contributed by atoms with van der Waals surface area (Å²) in [6.45, 7) is 3.62. The van der Waals surface area contributed by atoms with Gasteiger partial charge in [-0.05, 0) is 12.6 Å². The molecule has 0 spiro atoms. The predicted octanol–water partition coefficient (Wildman–Crippen LogP) is 0.626. The molecular weight excluding hydrogens is 314 g/mol. The Labute approximate surface area is 138 Å². The average Bonchev–Trinajstić information content (AvgIpc) is 2.79. The number of rotatable bonds is 4. The minimum absolute atomic E-state index is 0.115. The number of hydrogen-bond acceptors (Lipinski definition) is 4. The Hall–Kier alpha value is -0.990.